The molecule has 0 saturated carbocycles. The van der Waals surface area contributed by atoms with E-state index in [4.69, 9.17) is 5.73 Å². The second kappa shape index (κ2) is 5.37. The van der Waals surface area contributed by atoms with E-state index in [1.807, 2.05) is 0 Å². The first kappa shape index (κ1) is 11.7. The maximum absolute atomic E-state index is 12.6. The van der Waals surface area contributed by atoms with Crippen LogP contribution in [-0.4, -0.2) is 44.2 Å². The molecule has 5 heteroatoms. The Morgan fingerprint density at radius 2 is 2.00 bits per heavy atom. The van der Waals surface area contributed by atoms with E-state index >= 15 is 0 Å². The van der Waals surface area contributed by atoms with Gasteiger partial charge in [-0.25, -0.2) is 8.78 Å². The third-order valence-corrected chi connectivity index (χ3v) is 1.47. The van der Waals surface area contributed by atoms with E-state index in [9.17, 15) is 13.2 Å². The van der Waals surface area contributed by atoms with Gasteiger partial charge in [0, 0.05) is 6.54 Å². The molecule has 0 aromatic heterocycles. The van der Waals surface area contributed by atoms with Gasteiger partial charge in [0.15, 0.2) is 0 Å². The van der Waals surface area contributed by atoms with E-state index in [0.29, 0.717) is 6.54 Å². The smallest absolute Gasteiger partial charge is 0.272 e. The lowest BCUT2D eigenvalue weighted by molar-refractivity contribution is -0.0178. The number of rotatable bonds is 6. The quantitative estimate of drug-likeness (QED) is 0.663. The van der Waals surface area contributed by atoms with Crippen molar-refractivity contribution >= 4 is 0 Å². The van der Waals surface area contributed by atoms with Crippen LogP contribution in [0.2, 0.25) is 0 Å². The summed E-state index contributed by atoms with van der Waals surface area (Å²) in [7, 11) is 1.53. The predicted molar refractivity (Wildman–Crippen MR) is 42.1 cm³/mol. The molecule has 0 heterocycles. The van der Waals surface area contributed by atoms with Gasteiger partial charge in [0.05, 0.1) is 19.8 Å². The largest absolute Gasteiger partial charge is 0.325 e. The minimum Gasteiger partial charge on any atom is -0.325 e. The third kappa shape index (κ3) is 5.37. The lowest BCUT2D eigenvalue weighted by atomic mass is 10.3. The minimum atomic E-state index is -2.86. The summed E-state index contributed by atoms with van der Waals surface area (Å²) in [6.07, 6.45) is 0.289. The molecule has 0 amide bonds. The van der Waals surface area contributed by atoms with Gasteiger partial charge in [-0.1, -0.05) is 0 Å². The van der Waals surface area contributed by atoms with Crippen LogP contribution in [-0.2, 0) is 0 Å². The summed E-state index contributed by atoms with van der Waals surface area (Å²) in [5, 5.41) is 0. The molecule has 0 aromatic rings. The topological polar surface area (TPSA) is 29.3 Å². The number of alkyl halides is 3. The maximum Gasteiger partial charge on any atom is 0.272 e. The molecule has 0 bridgehead atoms. The highest BCUT2D eigenvalue weighted by Crippen LogP contribution is 2.12. The van der Waals surface area contributed by atoms with E-state index in [2.05, 4.69) is 0 Å². The fourth-order valence-corrected chi connectivity index (χ4v) is 0.868. The lowest BCUT2D eigenvalue weighted by Crippen LogP contribution is -2.40. The zero-order chi connectivity index (χ0) is 9.61. The Labute approximate surface area is 70.5 Å². The van der Waals surface area contributed by atoms with Gasteiger partial charge in [0.2, 0.25) is 0 Å². The molecule has 12 heavy (non-hydrogen) atoms. The number of hydrogen-bond donors (Lipinski definition) is 1. The van der Waals surface area contributed by atoms with Crippen molar-refractivity contribution in [3.63, 3.8) is 0 Å². The van der Waals surface area contributed by atoms with E-state index in [1.54, 1.807) is 0 Å². The first-order chi connectivity index (χ1) is 5.52. The standard InChI is InChI=1S/C7H15F3N2/c1-12(4-2-3-8)6-7(9,10)5-11/h2-6,11H2,1H3. The number of nitrogens with two attached hydrogens (primary N) is 1. The maximum atomic E-state index is 12.6. The van der Waals surface area contributed by atoms with Crippen LogP contribution in [0.25, 0.3) is 0 Å². The zero-order valence-electron chi connectivity index (χ0n) is 7.19. The SMILES string of the molecule is CN(CCCF)CC(F)(F)CN. The van der Waals surface area contributed by atoms with Gasteiger partial charge in [-0.05, 0) is 13.5 Å². The van der Waals surface area contributed by atoms with Crippen molar-refractivity contribution in [1.29, 1.82) is 0 Å². The number of hydrogen-bond acceptors (Lipinski definition) is 2. The molecule has 0 rings (SSSR count). The van der Waals surface area contributed by atoms with Gasteiger partial charge in [0.1, 0.15) is 0 Å². The summed E-state index contributed by atoms with van der Waals surface area (Å²) in [5.74, 6) is -2.86. The van der Waals surface area contributed by atoms with Crippen molar-refractivity contribution in [2.45, 2.75) is 12.3 Å². The van der Waals surface area contributed by atoms with E-state index in [0.717, 1.165) is 0 Å². The third-order valence-electron chi connectivity index (χ3n) is 1.47. The molecule has 0 aliphatic heterocycles. The van der Waals surface area contributed by atoms with E-state index < -0.39 is 25.7 Å². The molecular weight excluding hydrogens is 169 g/mol. The first-order valence-corrected chi connectivity index (χ1v) is 3.84. The molecule has 0 aliphatic carbocycles. The Morgan fingerprint density at radius 3 is 2.42 bits per heavy atom. The molecular formula is C7H15F3N2. The first-order valence-electron chi connectivity index (χ1n) is 3.84. The molecule has 0 saturated heterocycles. The fourth-order valence-electron chi connectivity index (χ4n) is 0.868. The summed E-state index contributed by atoms with van der Waals surface area (Å²) in [6.45, 7) is -1.19. The minimum absolute atomic E-state index is 0.289. The summed E-state index contributed by atoms with van der Waals surface area (Å²) in [6, 6.07) is 0. The summed E-state index contributed by atoms with van der Waals surface area (Å²) in [5.41, 5.74) is 4.83. The van der Waals surface area contributed by atoms with E-state index in [-0.39, 0.29) is 6.42 Å². The van der Waals surface area contributed by atoms with Crippen LogP contribution in [0.3, 0.4) is 0 Å². The van der Waals surface area contributed by atoms with Crippen molar-refractivity contribution in [3.05, 3.63) is 0 Å². The Hall–Kier alpha value is -0.290. The molecule has 0 atom stereocenters. The predicted octanol–water partition coefficient (Wildman–Crippen LogP) is 0.872. The van der Waals surface area contributed by atoms with Crippen LogP contribution < -0.4 is 5.73 Å². The van der Waals surface area contributed by atoms with Crippen LogP contribution in [0, 0.1) is 0 Å². The highest BCUT2D eigenvalue weighted by molar-refractivity contribution is 4.70. The fraction of sp³-hybridized carbons (Fsp3) is 1.00. The lowest BCUT2D eigenvalue weighted by Gasteiger charge is -2.21. The van der Waals surface area contributed by atoms with Crippen LogP contribution >= 0.6 is 0 Å². The molecule has 0 radical (unpaired) electrons. The summed E-state index contributed by atoms with van der Waals surface area (Å²) >= 11 is 0. The second-order valence-corrected chi connectivity index (χ2v) is 2.84. The molecule has 0 aliphatic rings. The van der Waals surface area contributed by atoms with E-state index in [1.165, 1.54) is 11.9 Å². The average Bonchev–Trinajstić information content (AvgIpc) is 2.00. The van der Waals surface area contributed by atoms with Crippen LogP contribution in [0.1, 0.15) is 6.42 Å². The Kier molecular flexibility index (Phi) is 5.24. The Bertz CT molecular complexity index is 119. The van der Waals surface area contributed by atoms with Gasteiger partial charge >= 0.3 is 0 Å². The zero-order valence-corrected chi connectivity index (χ0v) is 7.19. The second-order valence-electron chi connectivity index (χ2n) is 2.84. The molecule has 0 unspecified atom stereocenters. The van der Waals surface area contributed by atoms with Crippen LogP contribution in [0.4, 0.5) is 13.2 Å². The monoisotopic (exact) mass is 184 g/mol. The van der Waals surface area contributed by atoms with Gasteiger partial charge in [-0.15, -0.1) is 0 Å². The highest BCUT2D eigenvalue weighted by atomic mass is 19.3. The van der Waals surface area contributed by atoms with Crippen molar-refractivity contribution in [2.75, 3.05) is 33.4 Å². The molecule has 0 aromatic carbocycles. The number of nitrogens with zero attached hydrogens (tertiary/aromatic N) is 1. The molecule has 74 valence electrons. The Morgan fingerprint density at radius 1 is 1.42 bits per heavy atom. The average molecular weight is 184 g/mol. The number of halogens is 3. The van der Waals surface area contributed by atoms with Crippen molar-refractivity contribution < 1.29 is 13.2 Å². The molecule has 2 N–H and O–H groups in total. The normalized spacial score (nSPS) is 12.5. The molecule has 2 nitrogen and oxygen atoms in total. The highest BCUT2D eigenvalue weighted by Gasteiger charge is 2.27. The molecule has 0 spiro atoms. The Balaban J connectivity index is 3.60. The van der Waals surface area contributed by atoms with Gasteiger partial charge < -0.3 is 10.6 Å². The van der Waals surface area contributed by atoms with Crippen LogP contribution in [0.15, 0.2) is 0 Å². The van der Waals surface area contributed by atoms with Gasteiger partial charge in [0.25, 0.3) is 5.92 Å². The summed E-state index contributed by atoms with van der Waals surface area (Å²) in [4.78, 5) is 1.38. The summed E-state index contributed by atoms with van der Waals surface area (Å²) < 4.78 is 36.8. The van der Waals surface area contributed by atoms with Crippen LogP contribution in [0.5, 0.6) is 0 Å². The van der Waals surface area contributed by atoms with Gasteiger partial charge in [-0.2, -0.15) is 0 Å². The van der Waals surface area contributed by atoms with Crippen molar-refractivity contribution in [1.82, 2.24) is 4.90 Å². The molecule has 0 fully saturated rings. The van der Waals surface area contributed by atoms with Crippen molar-refractivity contribution in [3.8, 4) is 0 Å². The van der Waals surface area contributed by atoms with Crippen molar-refractivity contribution in [2.24, 2.45) is 5.73 Å². The van der Waals surface area contributed by atoms with Gasteiger partial charge in [-0.3, -0.25) is 4.39 Å².